The summed E-state index contributed by atoms with van der Waals surface area (Å²) < 4.78 is 0. The highest BCUT2D eigenvalue weighted by atomic mass is 16.1. The zero-order valence-corrected chi connectivity index (χ0v) is 10.8. The third-order valence-electron chi connectivity index (χ3n) is 2.34. The van der Waals surface area contributed by atoms with Gasteiger partial charge < -0.3 is 0 Å². The summed E-state index contributed by atoms with van der Waals surface area (Å²) in [6.45, 7) is 6.07. The Morgan fingerprint density at radius 3 is 2.47 bits per heavy atom. The van der Waals surface area contributed by atoms with E-state index in [9.17, 15) is 4.79 Å². The van der Waals surface area contributed by atoms with Crippen molar-refractivity contribution >= 4 is 11.9 Å². The summed E-state index contributed by atoms with van der Waals surface area (Å²) in [5, 5.41) is 0. The van der Waals surface area contributed by atoms with E-state index in [-0.39, 0.29) is 5.78 Å². The zero-order valence-electron chi connectivity index (χ0n) is 10.8. The van der Waals surface area contributed by atoms with Gasteiger partial charge in [-0.25, -0.2) is 0 Å². The predicted molar refractivity (Wildman–Crippen MR) is 73.7 cm³/mol. The quantitative estimate of drug-likeness (QED) is 0.543. The minimum atomic E-state index is 0.204. The lowest BCUT2D eigenvalue weighted by Gasteiger charge is -1.99. The molecule has 17 heavy (non-hydrogen) atoms. The molecule has 1 aromatic carbocycles. The topological polar surface area (TPSA) is 17.1 Å². The predicted octanol–water partition coefficient (Wildman–Crippen LogP) is 4.26. The maximum Gasteiger partial charge on any atom is 0.156 e. The minimum Gasteiger partial charge on any atom is -0.295 e. The summed E-state index contributed by atoms with van der Waals surface area (Å²) in [5.74, 6) is 0.625. The SMILES string of the molecule is CC(=C/C(=O)CC(C)C)/C=C/c1ccccc1. The van der Waals surface area contributed by atoms with Crippen LogP contribution in [0.2, 0.25) is 0 Å². The van der Waals surface area contributed by atoms with Crippen LogP contribution in [-0.4, -0.2) is 5.78 Å². The Kier molecular flexibility index (Phi) is 5.41. The van der Waals surface area contributed by atoms with E-state index in [0.29, 0.717) is 12.3 Å². The van der Waals surface area contributed by atoms with Crippen LogP contribution in [0.4, 0.5) is 0 Å². The van der Waals surface area contributed by atoms with E-state index in [0.717, 1.165) is 11.1 Å². The van der Waals surface area contributed by atoms with Crippen molar-refractivity contribution in [1.29, 1.82) is 0 Å². The van der Waals surface area contributed by atoms with Crippen molar-refractivity contribution in [2.75, 3.05) is 0 Å². The Morgan fingerprint density at radius 1 is 1.24 bits per heavy atom. The first-order chi connectivity index (χ1) is 8.08. The van der Waals surface area contributed by atoms with E-state index < -0.39 is 0 Å². The molecule has 0 N–H and O–H groups in total. The number of benzene rings is 1. The first-order valence-corrected chi connectivity index (χ1v) is 6.02. The molecule has 0 saturated carbocycles. The molecule has 1 nitrogen and oxygen atoms in total. The molecule has 0 aliphatic heterocycles. The lowest BCUT2D eigenvalue weighted by Crippen LogP contribution is -1.99. The molecule has 1 rings (SSSR count). The van der Waals surface area contributed by atoms with Crippen molar-refractivity contribution in [3.05, 3.63) is 53.6 Å². The fourth-order valence-electron chi connectivity index (χ4n) is 1.56. The van der Waals surface area contributed by atoms with E-state index in [1.54, 1.807) is 6.08 Å². The highest BCUT2D eigenvalue weighted by molar-refractivity contribution is 5.90. The molecule has 0 bridgehead atoms. The van der Waals surface area contributed by atoms with Crippen LogP contribution in [0.1, 0.15) is 32.8 Å². The molecular weight excluding hydrogens is 208 g/mol. The Morgan fingerprint density at radius 2 is 1.88 bits per heavy atom. The van der Waals surface area contributed by atoms with Crippen LogP contribution < -0.4 is 0 Å². The monoisotopic (exact) mass is 228 g/mol. The molecule has 0 atom stereocenters. The fraction of sp³-hybridized carbons (Fsp3) is 0.312. The van der Waals surface area contributed by atoms with Gasteiger partial charge in [0.1, 0.15) is 0 Å². The molecule has 0 amide bonds. The molecule has 0 aliphatic rings. The maximum atomic E-state index is 11.6. The Labute approximate surface area is 104 Å². The average molecular weight is 228 g/mol. The summed E-state index contributed by atoms with van der Waals surface area (Å²) in [5.41, 5.74) is 2.15. The van der Waals surface area contributed by atoms with Gasteiger partial charge in [-0.2, -0.15) is 0 Å². The van der Waals surface area contributed by atoms with E-state index in [4.69, 9.17) is 0 Å². The van der Waals surface area contributed by atoms with Gasteiger partial charge in [0.05, 0.1) is 0 Å². The molecule has 1 heteroatoms. The second kappa shape index (κ2) is 6.85. The lowest BCUT2D eigenvalue weighted by atomic mass is 10.1. The highest BCUT2D eigenvalue weighted by Gasteiger charge is 2.01. The summed E-state index contributed by atoms with van der Waals surface area (Å²) in [6.07, 6.45) is 6.35. The third-order valence-corrected chi connectivity index (χ3v) is 2.34. The van der Waals surface area contributed by atoms with Crippen molar-refractivity contribution in [2.24, 2.45) is 5.92 Å². The van der Waals surface area contributed by atoms with Crippen LogP contribution in [0.5, 0.6) is 0 Å². The fourth-order valence-corrected chi connectivity index (χ4v) is 1.56. The van der Waals surface area contributed by atoms with Crippen LogP contribution in [0.15, 0.2) is 48.1 Å². The van der Waals surface area contributed by atoms with Crippen LogP contribution in [0.25, 0.3) is 6.08 Å². The summed E-state index contributed by atoms with van der Waals surface area (Å²) in [4.78, 5) is 11.6. The molecule has 0 unspecified atom stereocenters. The Hall–Kier alpha value is -1.63. The van der Waals surface area contributed by atoms with Gasteiger partial charge in [0.25, 0.3) is 0 Å². The van der Waals surface area contributed by atoms with Crippen molar-refractivity contribution in [2.45, 2.75) is 27.2 Å². The smallest absolute Gasteiger partial charge is 0.156 e. The molecule has 0 fully saturated rings. The lowest BCUT2D eigenvalue weighted by molar-refractivity contribution is -0.115. The molecule has 0 spiro atoms. The molecule has 0 aliphatic carbocycles. The van der Waals surface area contributed by atoms with Crippen molar-refractivity contribution < 1.29 is 4.79 Å². The first-order valence-electron chi connectivity index (χ1n) is 6.02. The summed E-state index contributed by atoms with van der Waals surface area (Å²) >= 11 is 0. The van der Waals surface area contributed by atoms with Gasteiger partial charge in [-0.05, 0) is 30.1 Å². The second-order valence-corrected chi connectivity index (χ2v) is 4.70. The van der Waals surface area contributed by atoms with Gasteiger partial charge in [-0.1, -0.05) is 56.3 Å². The zero-order chi connectivity index (χ0) is 12.7. The number of ketones is 1. The van der Waals surface area contributed by atoms with Crippen LogP contribution in [0.3, 0.4) is 0 Å². The number of rotatable bonds is 5. The van der Waals surface area contributed by atoms with Crippen molar-refractivity contribution in [1.82, 2.24) is 0 Å². The first kappa shape index (κ1) is 13.4. The van der Waals surface area contributed by atoms with Crippen LogP contribution in [-0.2, 0) is 4.79 Å². The van der Waals surface area contributed by atoms with Crippen molar-refractivity contribution in [3.63, 3.8) is 0 Å². The van der Waals surface area contributed by atoms with Gasteiger partial charge in [-0.3, -0.25) is 4.79 Å². The Bertz CT molecular complexity index is 410. The Balaban J connectivity index is 2.60. The number of carbonyl (C=O) groups is 1. The number of hydrogen-bond donors (Lipinski definition) is 0. The third kappa shape index (κ3) is 5.86. The molecule has 90 valence electrons. The summed E-state index contributed by atoms with van der Waals surface area (Å²) in [6, 6.07) is 10.1. The van der Waals surface area contributed by atoms with Crippen LogP contribution in [0, 0.1) is 5.92 Å². The largest absolute Gasteiger partial charge is 0.295 e. The average Bonchev–Trinajstić information content (AvgIpc) is 2.26. The highest BCUT2D eigenvalue weighted by Crippen LogP contribution is 2.07. The van der Waals surface area contributed by atoms with E-state index in [1.807, 2.05) is 49.4 Å². The second-order valence-electron chi connectivity index (χ2n) is 4.70. The molecule has 0 radical (unpaired) electrons. The molecular formula is C16H20O. The standard InChI is InChI=1S/C16H20O/c1-13(2)11-16(17)12-14(3)9-10-15-7-5-4-6-8-15/h4-10,12-13H,11H2,1-3H3/b10-9+,14-12-. The van der Waals surface area contributed by atoms with Gasteiger partial charge in [0, 0.05) is 6.42 Å². The molecule has 1 aromatic rings. The van der Waals surface area contributed by atoms with Crippen LogP contribution >= 0.6 is 0 Å². The number of allylic oxidation sites excluding steroid dienone is 3. The maximum absolute atomic E-state index is 11.6. The number of hydrogen-bond acceptors (Lipinski definition) is 1. The molecule has 0 heterocycles. The van der Waals surface area contributed by atoms with E-state index in [2.05, 4.69) is 13.8 Å². The molecule has 0 saturated heterocycles. The number of carbonyl (C=O) groups excluding carboxylic acids is 1. The van der Waals surface area contributed by atoms with E-state index >= 15 is 0 Å². The van der Waals surface area contributed by atoms with E-state index in [1.165, 1.54) is 0 Å². The van der Waals surface area contributed by atoms with Gasteiger partial charge in [0.15, 0.2) is 5.78 Å². The van der Waals surface area contributed by atoms with Gasteiger partial charge in [0.2, 0.25) is 0 Å². The summed E-state index contributed by atoms with van der Waals surface area (Å²) in [7, 11) is 0. The van der Waals surface area contributed by atoms with Gasteiger partial charge in [-0.15, -0.1) is 0 Å². The normalized spacial score (nSPS) is 12.4. The van der Waals surface area contributed by atoms with Crippen molar-refractivity contribution in [3.8, 4) is 0 Å². The minimum absolute atomic E-state index is 0.204. The van der Waals surface area contributed by atoms with Gasteiger partial charge >= 0.3 is 0 Å². The molecule has 0 aromatic heterocycles.